The van der Waals surface area contributed by atoms with Crippen LogP contribution in [0.3, 0.4) is 0 Å². The van der Waals surface area contributed by atoms with E-state index >= 15 is 0 Å². The zero-order chi connectivity index (χ0) is 62.2. The fraction of sp³-hybridized carbons (Fsp3) is 0.938. The van der Waals surface area contributed by atoms with Crippen molar-refractivity contribution in [3.8, 4) is 0 Å². The van der Waals surface area contributed by atoms with Crippen LogP contribution < -0.4 is 0 Å². The van der Waals surface area contributed by atoms with Crippen LogP contribution in [0.15, 0.2) is 0 Å². The third-order valence-corrected chi connectivity index (χ3v) is 17.2. The van der Waals surface area contributed by atoms with Gasteiger partial charge in [-0.1, -0.05) is 273 Å². The van der Waals surface area contributed by atoms with Gasteiger partial charge in [0.2, 0.25) is 0 Å². The molecule has 17 nitrogen and oxygen atoms in total. The lowest BCUT2D eigenvalue weighted by atomic mass is 9.99. The summed E-state index contributed by atoms with van der Waals surface area (Å²) in [5.41, 5.74) is 0. The Kier molecular flexibility index (Phi) is 56.2. The Bertz CT molecular complexity index is 1650. The van der Waals surface area contributed by atoms with Crippen LogP contribution in [0.1, 0.15) is 324 Å². The second kappa shape index (κ2) is 57.5. The number of unbranched alkanes of at least 4 members (excludes halogenated alkanes) is 33. The summed E-state index contributed by atoms with van der Waals surface area (Å²) in [5.74, 6) is -0.602. The summed E-state index contributed by atoms with van der Waals surface area (Å²) in [6.45, 7) is 9.40. The molecule has 498 valence electrons. The summed E-state index contributed by atoms with van der Waals surface area (Å²) in [6.07, 6.45) is 40.7. The van der Waals surface area contributed by atoms with Gasteiger partial charge in [-0.05, 0) is 37.5 Å². The third-order valence-electron chi connectivity index (χ3n) is 15.3. The maximum Gasteiger partial charge on any atom is 0.472 e. The number of carbonyl (C=O) groups is 4. The van der Waals surface area contributed by atoms with Crippen molar-refractivity contribution in [2.24, 2.45) is 11.8 Å². The monoisotopic (exact) mass is 1240 g/mol. The first-order chi connectivity index (χ1) is 40.4. The largest absolute Gasteiger partial charge is 0.472 e. The van der Waals surface area contributed by atoms with Crippen molar-refractivity contribution >= 4 is 39.5 Å². The zero-order valence-electron chi connectivity index (χ0n) is 54.2. The van der Waals surface area contributed by atoms with E-state index in [0.29, 0.717) is 31.6 Å². The van der Waals surface area contributed by atoms with Crippen LogP contribution in [0, 0.1) is 11.8 Å². The van der Waals surface area contributed by atoms with E-state index in [4.69, 9.17) is 37.0 Å². The highest BCUT2D eigenvalue weighted by molar-refractivity contribution is 7.47. The first-order valence-corrected chi connectivity index (χ1v) is 37.0. The Hall–Kier alpha value is -1.94. The average Bonchev–Trinajstić information content (AvgIpc) is 3.59. The topological polar surface area (TPSA) is 237 Å². The van der Waals surface area contributed by atoms with Gasteiger partial charge >= 0.3 is 39.5 Å². The highest BCUT2D eigenvalue weighted by atomic mass is 31.2. The van der Waals surface area contributed by atoms with Crippen LogP contribution >= 0.6 is 15.6 Å². The first kappa shape index (κ1) is 82.1. The summed E-state index contributed by atoms with van der Waals surface area (Å²) < 4.78 is 67.8. The molecule has 0 aromatic carbocycles. The van der Waals surface area contributed by atoms with Gasteiger partial charge in [0.15, 0.2) is 12.2 Å². The average molecular weight is 1240 g/mol. The number of ether oxygens (including phenoxy) is 4. The molecule has 0 radical (unpaired) electrons. The van der Waals surface area contributed by atoms with Crippen molar-refractivity contribution < 1.29 is 80.2 Å². The Morgan fingerprint density at radius 3 is 0.905 bits per heavy atom. The molecule has 3 unspecified atom stereocenters. The number of phosphoric acid groups is 2. The highest BCUT2D eigenvalue weighted by Gasteiger charge is 2.30. The third kappa shape index (κ3) is 57.8. The lowest BCUT2D eigenvalue weighted by molar-refractivity contribution is -0.161. The zero-order valence-corrected chi connectivity index (χ0v) is 56.0. The molecule has 0 saturated carbocycles. The molecule has 0 aliphatic heterocycles. The van der Waals surface area contributed by atoms with Gasteiger partial charge in [-0.25, -0.2) is 9.13 Å². The normalized spacial score (nSPS) is 14.6. The molecule has 6 atom stereocenters. The minimum Gasteiger partial charge on any atom is -0.462 e. The van der Waals surface area contributed by atoms with Gasteiger partial charge in [-0.3, -0.25) is 37.3 Å². The molecule has 84 heavy (non-hydrogen) atoms. The molecule has 19 heteroatoms. The Balaban J connectivity index is 5.14. The molecule has 0 heterocycles. The molecule has 0 aliphatic rings. The van der Waals surface area contributed by atoms with E-state index in [0.717, 1.165) is 102 Å². The molecule has 0 aromatic heterocycles. The van der Waals surface area contributed by atoms with E-state index < -0.39 is 97.5 Å². The van der Waals surface area contributed by atoms with Gasteiger partial charge in [-0.2, -0.15) is 0 Å². The molecule has 3 N–H and O–H groups in total. The maximum atomic E-state index is 13.0. The Labute approximate surface area is 511 Å². The van der Waals surface area contributed by atoms with Crippen molar-refractivity contribution in [1.82, 2.24) is 0 Å². The minimum absolute atomic E-state index is 0.102. The second-order valence-electron chi connectivity index (χ2n) is 24.2. The predicted molar refractivity (Wildman–Crippen MR) is 335 cm³/mol. The van der Waals surface area contributed by atoms with Crippen LogP contribution in [0.25, 0.3) is 0 Å². The van der Waals surface area contributed by atoms with E-state index in [1.54, 1.807) is 0 Å². The van der Waals surface area contributed by atoms with Crippen molar-refractivity contribution in [3.63, 3.8) is 0 Å². The number of aliphatic hydroxyl groups excluding tert-OH is 1. The lowest BCUT2D eigenvalue weighted by Gasteiger charge is -2.21. The SMILES string of the molecule is CCCCCCCCCCCCCC(=O)OC[C@H](COP(=O)(O)OC[C@@H](O)COP(=O)(O)OC[C@@H](COC(=O)CCCCCCC)OC(=O)CCCCCCCCCC(C)C)OC(=O)CCCCCCCCCCCCCCCCC(C)CC. The van der Waals surface area contributed by atoms with Crippen molar-refractivity contribution in [2.75, 3.05) is 39.6 Å². The molecule has 0 saturated heterocycles. The number of aliphatic hydroxyl groups is 1. The van der Waals surface area contributed by atoms with Crippen LogP contribution in [-0.2, 0) is 65.4 Å². The Morgan fingerprint density at radius 2 is 0.607 bits per heavy atom. The molecule has 0 fully saturated rings. The summed E-state index contributed by atoms with van der Waals surface area (Å²) >= 11 is 0. The van der Waals surface area contributed by atoms with Gasteiger partial charge in [0.05, 0.1) is 26.4 Å². The molecule has 0 aliphatic carbocycles. The molecule has 0 bridgehead atoms. The van der Waals surface area contributed by atoms with Crippen LogP contribution in [0.5, 0.6) is 0 Å². The predicted octanol–water partition coefficient (Wildman–Crippen LogP) is 18.0. The quantitative estimate of drug-likeness (QED) is 0.0222. The fourth-order valence-corrected chi connectivity index (χ4v) is 11.3. The first-order valence-electron chi connectivity index (χ1n) is 34.0. The summed E-state index contributed by atoms with van der Waals surface area (Å²) in [4.78, 5) is 72.0. The molecule has 0 aromatic rings. The van der Waals surface area contributed by atoms with Crippen molar-refractivity contribution in [2.45, 2.75) is 342 Å². The molecular formula is C65H126O17P2. The molecule has 0 spiro atoms. The molecule has 0 rings (SSSR count). The Morgan fingerprint density at radius 1 is 0.345 bits per heavy atom. The highest BCUT2D eigenvalue weighted by Crippen LogP contribution is 2.45. The number of esters is 4. The van der Waals surface area contributed by atoms with Crippen LogP contribution in [0.2, 0.25) is 0 Å². The van der Waals surface area contributed by atoms with E-state index in [2.05, 4.69) is 41.5 Å². The van der Waals surface area contributed by atoms with Crippen LogP contribution in [-0.4, -0.2) is 96.7 Å². The van der Waals surface area contributed by atoms with E-state index in [1.165, 1.54) is 135 Å². The number of rotatable bonds is 64. The lowest BCUT2D eigenvalue weighted by Crippen LogP contribution is -2.30. The van der Waals surface area contributed by atoms with Crippen molar-refractivity contribution in [3.05, 3.63) is 0 Å². The van der Waals surface area contributed by atoms with Gasteiger partial charge in [-0.15, -0.1) is 0 Å². The molecule has 0 amide bonds. The number of carbonyl (C=O) groups excluding carboxylic acids is 4. The smallest absolute Gasteiger partial charge is 0.462 e. The number of hydrogen-bond acceptors (Lipinski definition) is 15. The maximum absolute atomic E-state index is 13.0. The number of hydrogen-bond donors (Lipinski definition) is 3. The van der Waals surface area contributed by atoms with Gasteiger partial charge in [0, 0.05) is 25.7 Å². The van der Waals surface area contributed by atoms with Gasteiger partial charge in [0.25, 0.3) is 0 Å². The van der Waals surface area contributed by atoms with E-state index in [9.17, 15) is 43.2 Å². The fourth-order valence-electron chi connectivity index (χ4n) is 9.68. The van der Waals surface area contributed by atoms with Gasteiger partial charge in [0.1, 0.15) is 19.3 Å². The summed E-state index contributed by atoms with van der Waals surface area (Å²) in [6, 6.07) is 0. The molecular weight excluding hydrogens is 1110 g/mol. The second-order valence-corrected chi connectivity index (χ2v) is 27.1. The van der Waals surface area contributed by atoms with Crippen LogP contribution in [0.4, 0.5) is 0 Å². The van der Waals surface area contributed by atoms with Crippen molar-refractivity contribution in [1.29, 1.82) is 0 Å². The number of phosphoric ester groups is 2. The summed E-state index contributed by atoms with van der Waals surface area (Å²) in [7, 11) is -9.88. The standard InChI is InChI=1S/C65H126O17P2/c1-7-10-12-14-15-16-21-25-30-36-42-48-63(68)76-54-61(82-64(69)49-43-37-31-26-23-20-18-17-19-22-24-29-35-40-46-58(6)9-3)56-80-84(73,74)78-52-59(66)51-77-83(71,72)79-55-60(53-75-62(67)47-41-33-13-11-8-2)81-65(70)50-44-38-32-27-28-34-39-45-57(4)5/h57-61,66H,7-56H2,1-6H3,(H,71,72)(H,73,74)/t58?,59-,60+,61+/m0/s1. The summed E-state index contributed by atoms with van der Waals surface area (Å²) in [5, 5.41) is 10.5. The van der Waals surface area contributed by atoms with E-state index in [1.807, 2.05) is 0 Å². The minimum atomic E-state index is -4.94. The van der Waals surface area contributed by atoms with Gasteiger partial charge < -0.3 is 33.8 Å². The van der Waals surface area contributed by atoms with E-state index in [-0.39, 0.29) is 25.7 Å².